The summed E-state index contributed by atoms with van der Waals surface area (Å²) < 4.78 is 0. The molecule has 0 fully saturated rings. The van der Waals surface area contributed by atoms with E-state index in [4.69, 9.17) is 0 Å². The number of carboxylic acid groups (broad SMARTS) is 5. The van der Waals surface area contributed by atoms with Gasteiger partial charge in [-0.25, -0.2) is 9.59 Å². The molecule has 0 spiro atoms. The lowest BCUT2D eigenvalue weighted by molar-refractivity contribution is -0.143. The molecule has 17 heteroatoms. The van der Waals surface area contributed by atoms with Crippen LogP contribution in [0, 0.1) is 0 Å². The monoisotopic (exact) mass is 687 g/mol. The summed E-state index contributed by atoms with van der Waals surface area (Å²) in [4.78, 5) is 87.4. The van der Waals surface area contributed by atoms with Crippen molar-refractivity contribution in [2.45, 2.75) is 24.9 Å². The highest BCUT2D eigenvalue weighted by molar-refractivity contribution is 5.86. The normalized spacial score (nSPS) is 12.3. The number of nitrogens with one attached hydrogen (secondary N) is 2. The van der Waals surface area contributed by atoms with Crippen LogP contribution >= 0.6 is 0 Å². The predicted octanol–water partition coefficient (Wildman–Crippen LogP) is -1.23. The molecular formula is C32H41N5O12. The minimum atomic E-state index is -1.29. The number of hydrogen-bond donors (Lipinski definition) is 7. The molecule has 0 saturated heterocycles. The summed E-state index contributed by atoms with van der Waals surface area (Å²) in [6.45, 7) is -3.26. The van der Waals surface area contributed by atoms with E-state index in [1.165, 1.54) is 14.7 Å². The van der Waals surface area contributed by atoms with E-state index in [1.807, 2.05) is 0 Å². The first-order valence-corrected chi connectivity index (χ1v) is 15.2. The fourth-order valence-electron chi connectivity index (χ4n) is 4.82. The number of amides is 2. The topological polar surface area (TPSA) is 254 Å². The molecule has 0 radical (unpaired) electrons. The standard InChI is InChI=1S/C32H41N5O12/c38-26(33-24(31(46)47)15-22-7-3-1-4-8-22)17-36(20-29(42)43)13-11-35(19-28(40)41)12-14-37(21-30(44)45)18-27(39)34-25(32(48)49)16-23-9-5-2-6-10-23/h1-10,24-25H,11-21H2,(H,33,38)(H,34,39)(H,40,41)(H,42,43)(H,44,45)(H,46,47)(H,48,49)/t24-,25+. The summed E-state index contributed by atoms with van der Waals surface area (Å²) in [5.74, 6) is -7.93. The second-order valence-electron chi connectivity index (χ2n) is 11.2. The van der Waals surface area contributed by atoms with Crippen molar-refractivity contribution in [3.8, 4) is 0 Å². The van der Waals surface area contributed by atoms with Gasteiger partial charge in [-0.1, -0.05) is 60.7 Å². The summed E-state index contributed by atoms with van der Waals surface area (Å²) in [5, 5.41) is 52.1. The maximum absolute atomic E-state index is 12.8. The number of benzene rings is 2. The third-order valence-electron chi connectivity index (χ3n) is 7.11. The van der Waals surface area contributed by atoms with Crippen LogP contribution in [0.2, 0.25) is 0 Å². The third kappa shape index (κ3) is 16.8. The van der Waals surface area contributed by atoms with Gasteiger partial charge in [0.2, 0.25) is 11.8 Å². The first kappa shape index (κ1) is 39.8. The molecular weight excluding hydrogens is 646 g/mol. The smallest absolute Gasteiger partial charge is 0.326 e. The Morgan fingerprint density at radius 1 is 0.469 bits per heavy atom. The largest absolute Gasteiger partial charge is 0.480 e. The number of carbonyl (C=O) groups excluding carboxylic acids is 2. The summed E-state index contributed by atoms with van der Waals surface area (Å²) in [5.41, 5.74) is 1.32. The van der Waals surface area contributed by atoms with Crippen molar-refractivity contribution >= 4 is 41.7 Å². The number of aliphatic carboxylic acids is 5. The van der Waals surface area contributed by atoms with E-state index >= 15 is 0 Å². The average molecular weight is 688 g/mol. The molecule has 49 heavy (non-hydrogen) atoms. The van der Waals surface area contributed by atoms with Gasteiger partial charge >= 0.3 is 29.8 Å². The first-order valence-electron chi connectivity index (χ1n) is 15.2. The van der Waals surface area contributed by atoms with Gasteiger partial charge in [0.1, 0.15) is 12.1 Å². The number of nitrogens with zero attached hydrogens (tertiary/aromatic N) is 3. The van der Waals surface area contributed by atoms with Crippen LogP contribution in [0.4, 0.5) is 0 Å². The lowest BCUT2D eigenvalue weighted by atomic mass is 10.1. The lowest BCUT2D eigenvalue weighted by Crippen LogP contribution is -2.50. The molecule has 2 amide bonds. The summed E-state index contributed by atoms with van der Waals surface area (Å²) in [6, 6.07) is 14.6. The minimum Gasteiger partial charge on any atom is -0.480 e. The van der Waals surface area contributed by atoms with Crippen molar-refractivity contribution in [2.75, 3.05) is 58.9 Å². The molecule has 0 aliphatic rings. The number of carbonyl (C=O) groups is 7. The highest BCUT2D eigenvalue weighted by Gasteiger charge is 2.25. The van der Waals surface area contributed by atoms with E-state index in [0.717, 1.165) is 0 Å². The van der Waals surface area contributed by atoms with Crippen LogP contribution in [0.5, 0.6) is 0 Å². The van der Waals surface area contributed by atoms with Gasteiger partial charge in [0.15, 0.2) is 0 Å². The highest BCUT2D eigenvalue weighted by atomic mass is 16.4. The Balaban J connectivity index is 2.03. The van der Waals surface area contributed by atoms with Gasteiger partial charge in [-0.3, -0.25) is 38.7 Å². The van der Waals surface area contributed by atoms with Crippen LogP contribution in [-0.2, 0) is 46.4 Å². The van der Waals surface area contributed by atoms with E-state index in [2.05, 4.69) is 10.6 Å². The Morgan fingerprint density at radius 2 is 0.776 bits per heavy atom. The summed E-state index contributed by atoms with van der Waals surface area (Å²) in [6.07, 6.45) is -0.0236. The van der Waals surface area contributed by atoms with Gasteiger partial charge in [-0.05, 0) is 11.1 Å². The van der Waals surface area contributed by atoms with Crippen LogP contribution in [-0.4, -0.2) is 153 Å². The Kier molecular flexibility index (Phi) is 16.9. The maximum Gasteiger partial charge on any atom is 0.326 e. The zero-order valence-corrected chi connectivity index (χ0v) is 26.6. The Morgan fingerprint density at radius 3 is 1.08 bits per heavy atom. The lowest BCUT2D eigenvalue weighted by Gasteiger charge is -2.28. The van der Waals surface area contributed by atoms with E-state index < -0.39 is 86.5 Å². The Hall–Kier alpha value is -5.39. The van der Waals surface area contributed by atoms with Gasteiger partial charge in [0.05, 0.1) is 32.7 Å². The van der Waals surface area contributed by atoms with Gasteiger partial charge in [0, 0.05) is 39.0 Å². The van der Waals surface area contributed by atoms with E-state index in [9.17, 15) is 59.1 Å². The zero-order valence-electron chi connectivity index (χ0n) is 26.6. The Bertz CT molecular complexity index is 1330. The van der Waals surface area contributed by atoms with Crippen molar-refractivity contribution in [3.63, 3.8) is 0 Å². The van der Waals surface area contributed by atoms with Crippen LogP contribution in [0.25, 0.3) is 0 Å². The molecule has 0 unspecified atom stereocenters. The molecule has 2 aromatic carbocycles. The zero-order chi connectivity index (χ0) is 36.3. The SMILES string of the molecule is O=C(O)CN(CCN(CC(=O)O)CC(=O)N[C@@H](Cc1ccccc1)C(=O)O)CCN(CC(=O)O)CC(=O)N[C@H](Cc1ccccc1)C(=O)O. The predicted molar refractivity (Wildman–Crippen MR) is 172 cm³/mol. The minimum absolute atomic E-state index is 0.0118. The molecule has 17 nitrogen and oxygen atoms in total. The molecule has 0 aliphatic heterocycles. The number of carboxylic acids is 5. The summed E-state index contributed by atoms with van der Waals surface area (Å²) in [7, 11) is 0. The molecule has 2 rings (SSSR count). The molecule has 0 aromatic heterocycles. The fourth-order valence-corrected chi connectivity index (χ4v) is 4.82. The van der Waals surface area contributed by atoms with E-state index in [0.29, 0.717) is 11.1 Å². The van der Waals surface area contributed by atoms with Crippen molar-refractivity contribution in [1.29, 1.82) is 0 Å². The van der Waals surface area contributed by atoms with Gasteiger partial charge in [0.25, 0.3) is 0 Å². The first-order chi connectivity index (χ1) is 23.2. The Labute approximate surface area is 281 Å². The molecule has 0 heterocycles. The molecule has 2 aromatic rings. The van der Waals surface area contributed by atoms with Crippen molar-refractivity contribution < 1.29 is 59.1 Å². The number of hydrogen-bond acceptors (Lipinski definition) is 10. The molecule has 0 bridgehead atoms. The van der Waals surface area contributed by atoms with E-state index in [1.54, 1.807) is 60.7 Å². The molecule has 266 valence electrons. The van der Waals surface area contributed by atoms with Gasteiger partial charge in [-0.15, -0.1) is 0 Å². The van der Waals surface area contributed by atoms with Crippen LogP contribution in [0.15, 0.2) is 60.7 Å². The van der Waals surface area contributed by atoms with Crippen LogP contribution in [0.1, 0.15) is 11.1 Å². The van der Waals surface area contributed by atoms with Crippen LogP contribution < -0.4 is 10.6 Å². The molecule has 2 atom stereocenters. The van der Waals surface area contributed by atoms with Gasteiger partial charge in [-0.2, -0.15) is 0 Å². The number of rotatable bonds is 24. The average Bonchev–Trinajstić information content (AvgIpc) is 3.01. The second kappa shape index (κ2) is 20.8. The van der Waals surface area contributed by atoms with Crippen molar-refractivity contribution in [2.24, 2.45) is 0 Å². The van der Waals surface area contributed by atoms with Crippen molar-refractivity contribution in [3.05, 3.63) is 71.8 Å². The molecule has 0 saturated carbocycles. The molecule has 0 aliphatic carbocycles. The quantitative estimate of drug-likeness (QED) is 0.0682. The highest BCUT2D eigenvalue weighted by Crippen LogP contribution is 2.06. The van der Waals surface area contributed by atoms with Crippen LogP contribution in [0.3, 0.4) is 0 Å². The fraction of sp³-hybridized carbons (Fsp3) is 0.406. The maximum atomic E-state index is 12.8. The molecule has 7 N–H and O–H groups in total. The van der Waals surface area contributed by atoms with Gasteiger partial charge < -0.3 is 36.2 Å². The third-order valence-corrected chi connectivity index (χ3v) is 7.11. The van der Waals surface area contributed by atoms with E-state index in [-0.39, 0.29) is 39.0 Å². The summed E-state index contributed by atoms with van der Waals surface area (Å²) >= 11 is 0. The second-order valence-corrected chi connectivity index (χ2v) is 11.2. The van der Waals surface area contributed by atoms with Crippen molar-refractivity contribution in [1.82, 2.24) is 25.3 Å².